The van der Waals surface area contributed by atoms with Gasteiger partial charge < -0.3 is 15.3 Å². The topological polar surface area (TPSA) is 60.7 Å². The Morgan fingerprint density at radius 3 is 2.12 bits per heavy atom. The van der Waals surface area contributed by atoms with Crippen LogP contribution in [0.15, 0.2) is 36.4 Å². The minimum atomic E-state index is 0.00491. The molecule has 2 aromatic rings. The van der Waals surface area contributed by atoms with E-state index >= 15 is 0 Å². The molecule has 0 fully saturated rings. The maximum absolute atomic E-state index is 9.81. The molecule has 3 N–H and O–H groups in total. The van der Waals surface area contributed by atoms with Crippen molar-refractivity contribution in [3.05, 3.63) is 42.0 Å². The lowest BCUT2D eigenvalue weighted by atomic mass is 9.97. The van der Waals surface area contributed by atoms with E-state index in [2.05, 4.69) is 0 Å². The number of rotatable bonds is 2. The molecule has 88 valence electrons. The summed E-state index contributed by atoms with van der Waals surface area (Å²) in [4.78, 5) is 0. The average molecular weight is 230 g/mol. The second kappa shape index (κ2) is 4.37. The highest BCUT2D eigenvalue weighted by Gasteiger charge is 2.10. The summed E-state index contributed by atoms with van der Waals surface area (Å²) in [5.74, 6) is 0.180. The zero-order valence-electron chi connectivity index (χ0n) is 9.51. The predicted molar refractivity (Wildman–Crippen MR) is 66.3 cm³/mol. The highest BCUT2D eigenvalue weighted by Crippen LogP contribution is 2.35. The third-order valence-corrected chi connectivity index (χ3v) is 2.75. The molecule has 0 aliphatic heterocycles. The molecule has 0 aliphatic rings. The molecule has 17 heavy (non-hydrogen) atoms. The van der Waals surface area contributed by atoms with Crippen molar-refractivity contribution in [3.63, 3.8) is 0 Å². The van der Waals surface area contributed by atoms with Gasteiger partial charge in [-0.3, -0.25) is 0 Å². The van der Waals surface area contributed by atoms with Crippen LogP contribution in [0.2, 0.25) is 0 Å². The molecule has 0 heterocycles. The van der Waals surface area contributed by atoms with E-state index in [-0.39, 0.29) is 17.2 Å². The first-order chi connectivity index (χ1) is 8.11. The molecule has 0 amide bonds. The van der Waals surface area contributed by atoms with E-state index in [1.54, 1.807) is 18.2 Å². The summed E-state index contributed by atoms with van der Waals surface area (Å²) in [7, 11) is 0. The normalized spacial score (nSPS) is 10.4. The Morgan fingerprint density at radius 2 is 1.47 bits per heavy atom. The van der Waals surface area contributed by atoms with Gasteiger partial charge >= 0.3 is 0 Å². The summed E-state index contributed by atoms with van der Waals surface area (Å²) in [6.07, 6.45) is 0.802. The van der Waals surface area contributed by atoms with E-state index in [4.69, 9.17) is 0 Å². The molecule has 0 aromatic heterocycles. The van der Waals surface area contributed by atoms with Gasteiger partial charge in [0.2, 0.25) is 0 Å². The maximum Gasteiger partial charge on any atom is 0.127 e. The fraction of sp³-hybridized carbons (Fsp3) is 0.143. The Morgan fingerprint density at radius 1 is 0.824 bits per heavy atom. The second-order valence-electron chi connectivity index (χ2n) is 3.90. The van der Waals surface area contributed by atoms with Crippen molar-refractivity contribution in [1.82, 2.24) is 0 Å². The lowest BCUT2D eigenvalue weighted by Gasteiger charge is -2.10. The van der Waals surface area contributed by atoms with Gasteiger partial charge in [0.25, 0.3) is 0 Å². The number of aromatic hydroxyl groups is 3. The van der Waals surface area contributed by atoms with Gasteiger partial charge in [-0.05, 0) is 41.8 Å². The van der Waals surface area contributed by atoms with Crippen LogP contribution in [-0.4, -0.2) is 15.3 Å². The van der Waals surface area contributed by atoms with Crippen LogP contribution < -0.4 is 0 Å². The molecule has 0 saturated carbocycles. The molecule has 0 unspecified atom stereocenters. The zero-order valence-corrected chi connectivity index (χ0v) is 9.51. The minimum Gasteiger partial charge on any atom is -0.508 e. The maximum atomic E-state index is 9.81. The van der Waals surface area contributed by atoms with Crippen molar-refractivity contribution in [2.75, 3.05) is 0 Å². The Hall–Kier alpha value is -2.16. The number of phenolic OH excluding ortho intramolecular Hbond substituents is 3. The molecular weight excluding hydrogens is 216 g/mol. The number of hydrogen-bond acceptors (Lipinski definition) is 3. The SMILES string of the molecule is CCc1ccc(O)cc1-c1ccc(O)cc1O. The van der Waals surface area contributed by atoms with E-state index < -0.39 is 0 Å². The average Bonchev–Trinajstić information content (AvgIpc) is 2.29. The second-order valence-corrected chi connectivity index (χ2v) is 3.90. The standard InChI is InChI=1S/C14H14O3/c1-2-9-3-4-10(15)7-13(9)12-6-5-11(16)8-14(12)17/h3-8,15-17H,2H2,1H3. The first-order valence-electron chi connectivity index (χ1n) is 5.46. The van der Waals surface area contributed by atoms with Gasteiger partial charge in [0, 0.05) is 11.6 Å². The molecule has 0 radical (unpaired) electrons. The monoisotopic (exact) mass is 230 g/mol. The third kappa shape index (κ3) is 2.18. The van der Waals surface area contributed by atoms with Gasteiger partial charge in [-0.15, -0.1) is 0 Å². The van der Waals surface area contributed by atoms with Crippen LogP contribution in [0.1, 0.15) is 12.5 Å². The summed E-state index contributed by atoms with van der Waals surface area (Å²) in [6.45, 7) is 2.01. The van der Waals surface area contributed by atoms with Crippen molar-refractivity contribution in [2.45, 2.75) is 13.3 Å². The van der Waals surface area contributed by atoms with Crippen molar-refractivity contribution in [1.29, 1.82) is 0 Å². The van der Waals surface area contributed by atoms with E-state index in [0.29, 0.717) is 5.56 Å². The molecule has 0 bridgehead atoms. The Bertz CT molecular complexity index is 547. The van der Waals surface area contributed by atoms with Crippen molar-refractivity contribution in [3.8, 4) is 28.4 Å². The quantitative estimate of drug-likeness (QED) is 0.743. The van der Waals surface area contributed by atoms with Gasteiger partial charge in [0.1, 0.15) is 17.2 Å². The predicted octanol–water partition coefficient (Wildman–Crippen LogP) is 3.03. The number of benzene rings is 2. The summed E-state index contributed by atoms with van der Waals surface area (Å²) in [5.41, 5.74) is 2.42. The molecule has 0 aliphatic carbocycles. The smallest absolute Gasteiger partial charge is 0.127 e. The lowest BCUT2D eigenvalue weighted by Crippen LogP contribution is -1.88. The van der Waals surface area contributed by atoms with E-state index in [1.807, 2.05) is 13.0 Å². The fourth-order valence-electron chi connectivity index (χ4n) is 1.87. The molecule has 0 saturated heterocycles. The molecule has 2 rings (SSSR count). The number of phenols is 3. The summed E-state index contributed by atoms with van der Waals surface area (Å²) >= 11 is 0. The summed E-state index contributed by atoms with van der Waals surface area (Å²) in [6, 6.07) is 9.51. The van der Waals surface area contributed by atoms with Crippen LogP contribution >= 0.6 is 0 Å². The fourth-order valence-corrected chi connectivity index (χ4v) is 1.87. The van der Waals surface area contributed by atoms with Crippen molar-refractivity contribution < 1.29 is 15.3 Å². The van der Waals surface area contributed by atoms with E-state index in [0.717, 1.165) is 17.5 Å². The van der Waals surface area contributed by atoms with Crippen molar-refractivity contribution in [2.24, 2.45) is 0 Å². The van der Waals surface area contributed by atoms with Gasteiger partial charge in [0.05, 0.1) is 0 Å². The van der Waals surface area contributed by atoms with Gasteiger partial charge in [-0.2, -0.15) is 0 Å². The Balaban J connectivity index is 2.62. The Kier molecular flexibility index (Phi) is 2.91. The first kappa shape index (κ1) is 11.3. The lowest BCUT2D eigenvalue weighted by molar-refractivity contribution is 0.452. The number of aryl methyl sites for hydroxylation is 1. The molecule has 3 heteroatoms. The van der Waals surface area contributed by atoms with Gasteiger partial charge in [0.15, 0.2) is 0 Å². The Labute approximate surface area is 99.6 Å². The first-order valence-corrected chi connectivity index (χ1v) is 5.46. The van der Waals surface area contributed by atoms with Crippen LogP contribution in [0.25, 0.3) is 11.1 Å². The molecule has 2 aromatic carbocycles. The highest BCUT2D eigenvalue weighted by atomic mass is 16.3. The minimum absolute atomic E-state index is 0.00491. The molecular formula is C14H14O3. The molecule has 0 spiro atoms. The number of hydrogen-bond donors (Lipinski definition) is 3. The van der Waals surface area contributed by atoms with Gasteiger partial charge in [-0.1, -0.05) is 13.0 Å². The van der Waals surface area contributed by atoms with Crippen LogP contribution in [-0.2, 0) is 6.42 Å². The largest absolute Gasteiger partial charge is 0.508 e. The molecule has 3 nitrogen and oxygen atoms in total. The highest BCUT2D eigenvalue weighted by molar-refractivity contribution is 5.75. The van der Waals surface area contributed by atoms with Crippen LogP contribution in [0.5, 0.6) is 17.2 Å². The van der Waals surface area contributed by atoms with Crippen LogP contribution in [0.4, 0.5) is 0 Å². The van der Waals surface area contributed by atoms with Crippen LogP contribution in [0.3, 0.4) is 0 Å². The summed E-state index contributed by atoms with van der Waals surface area (Å²) < 4.78 is 0. The van der Waals surface area contributed by atoms with E-state index in [9.17, 15) is 15.3 Å². The van der Waals surface area contributed by atoms with Gasteiger partial charge in [-0.25, -0.2) is 0 Å². The van der Waals surface area contributed by atoms with Crippen molar-refractivity contribution >= 4 is 0 Å². The van der Waals surface area contributed by atoms with Crippen LogP contribution in [0, 0.1) is 0 Å². The zero-order chi connectivity index (χ0) is 12.4. The summed E-state index contributed by atoms with van der Waals surface area (Å²) in [5, 5.41) is 28.6. The third-order valence-electron chi connectivity index (χ3n) is 2.75. The van der Waals surface area contributed by atoms with E-state index in [1.165, 1.54) is 12.1 Å². The molecule has 0 atom stereocenters.